The number of aromatic nitrogens is 5. The van der Waals surface area contributed by atoms with E-state index in [2.05, 4.69) is 25.5 Å². The Morgan fingerprint density at radius 2 is 2.13 bits per heavy atom. The van der Waals surface area contributed by atoms with E-state index < -0.39 is 29.6 Å². The van der Waals surface area contributed by atoms with E-state index in [1.54, 1.807) is 18.5 Å². The molecule has 31 heavy (non-hydrogen) atoms. The molecule has 2 N–H and O–H groups in total. The fourth-order valence-corrected chi connectivity index (χ4v) is 3.56. The first-order chi connectivity index (χ1) is 14.7. The molecule has 1 aliphatic carbocycles. The van der Waals surface area contributed by atoms with Crippen LogP contribution in [0, 0.1) is 5.92 Å². The molecule has 1 amide bonds. The van der Waals surface area contributed by atoms with Crippen LogP contribution in [0.2, 0.25) is 0 Å². The van der Waals surface area contributed by atoms with E-state index >= 15 is 0 Å². The minimum atomic E-state index is -4.71. The lowest BCUT2D eigenvalue weighted by atomic mass is 9.87. The molecule has 2 unspecified atom stereocenters. The molecule has 3 aromatic rings. The number of halogens is 3. The second kappa shape index (κ2) is 8.10. The molecular weight excluding hydrogens is 415 g/mol. The fourth-order valence-electron chi connectivity index (χ4n) is 3.56. The second-order valence-electron chi connectivity index (χ2n) is 7.42. The zero-order valence-electron chi connectivity index (χ0n) is 16.5. The number of rotatable bonds is 4. The molecular formula is C19H20F3N7O2. The zero-order chi connectivity index (χ0) is 22.2. The van der Waals surface area contributed by atoms with Gasteiger partial charge in [0, 0.05) is 37.6 Å². The summed E-state index contributed by atoms with van der Waals surface area (Å²) in [5.74, 6) is -0.562. The maximum atomic E-state index is 13.1. The third-order valence-electron chi connectivity index (χ3n) is 5.12. The number of anilines is 1. The standard InChI is InChI=1S/C19H20F3N7O2/c1-28-10-13(16(27-28)19(20,21)22)25-18(31)12-9-24-29-7-6-15(26-17(12)29)23-8-11-4-2-3-5-14(11)30/h6-11,14,30H,2-5H2,1H3,(H,25,31). The van der Waals surface area contributed by atoms with Crippen LogP contribution in [0.15, 0.2) is 29.6 Å². The molecule has 0 aromatic carbocycles. The summed E-state index contributed by atoms with van der Waals surface area (Å²) in [6.07, 6.45) is 3.90. The minimum Gasteiger partial charge on any atom is -0.392 e. The number of nitrogens with one attached hydrogen (secondary N) is 1. The first-order valence-corrected chi connectivity index (χ1v) is 9.71. The number of carbonyl (C=O) groups excluding carboxylic acids is 1. The van der Waals surface area contributed by atoms with Crippen LogP contribution >= 0.6 is 0 Å². The molecule has 1 aliphatic rings. The van der Waals surface area contributed by atoms with Crippen molar-refractivity contribution in [2.24, 2.45) is 18.0 Å². The SMILES string of the molecule is Cn1cc(NC(=O)c2cnn3ccc(N=CC4CCCCC4O)nc23)c(C(F)(F)F)n1. The highest BCUT2D eigenvalue weighted by atomic mass is 19.4. The lowest BCUT2D eigenvalue weighted by Gasteiger charge is -2.23. The molecule has 3 heterocycles. The van der Waals surface area contributed by atoms with Gasteiger partial charge in [0.2, 0.25) is 0 Å². The molecule has 0 saturated heterocycles. The van der Waals surface area contributed by atoms with Gasteiger partial charge in [0.1, 0.15) is 5.56 Å². The van der Waals surface area contributed by atoms with Crippen molar-refractivity contribution >= 4 is 29.3 Å². The number of nitrogens with zero attached hydrogens (tertiary/aromatic N) is 6. The average Bonchev–Trinajstić information content (AvgIpc) is 3.30. The summed E-state index contributed by atoms with van der Waals surface area (Å²) in [6.45, 7) is 0. The minimum absolute atomic E-state index is 0.00766. The summed E-state index contributed by atoms with van der Waals surface area (Å²) in [5, 5.41) is 19.7. The van der Waals surface area contributed by atoms with Crippen molar-refractivity contribution in [3.05, 3.63) is 35.9 Å². The van der Waals surface area contributed by atoms with Crippen LogP contribution < -0.4 is 5.32 Å². The number of aliphatic hydroxyl groups excluding tert-OH is 1. The Hall–Kier alpha value is -3.28. The van der Waals surface area contributed by atoms with Crippen molar-refractivity contribution < 1.29 is 23.1 Å². The van der Waals surface area contributed by atoms with Crippen LogP contribution in [0.4, 0.5) is 24.7 Å². The van der Waals surface area contributed by atoms with Crippen LogP contribution in [-0.2, 0) is 13.2 Å². The molecule has 3 aromatic heterocycles. The third-order valence-corrected chi connectivity index (χ3v) is 5.12. The zero-order valence-corrected chi connectivity index (χ0v) is 16.5. The van der Waals surface area contributed by atoms with Gasteiger partial charge in [0.05, 0.1) is 18.0 Å². The largest absolute Gasteiger partial charge is 0.437 e. The number of hydrogen-bond donors (Lipinski definition) is 2. The molecule has 164 valence electrons. The molecule has 12 heteroatoms. The summed E-state index contributed by atoms with van der Waals surface area (Å²) in [6, 6.07) is 1.59. The molecule has 0 bridgehead atoms. The first-order valence-electron chi connectivity index (χ1n) is 9.71. The summed E-state index contributed by atoms with van der Waals surface area (Å²) < 4.78 is 41.7. The number of aryl methyl sites for hydroxylation is 1. The van der Waals surface area contributed by atoms with Gasteiger partial charge in [-0.25, -0.2) is 14.5 Å². The Morgan fingerprint density at radius 1 is 1.35 bits per heavy atom. The van der Waals surface area contributed by atoms with Crippen molar-refractivity contribution in [3.8, 4) is 0 Å². The normalized spacial score (nSPS) is 19.9. The first kappa shape index (κ1) is 21.0. The van der Waals surface area contributed by atoms with E-state index in [1.165, 1.54) is 17.8 Å². The fraction of sp³-hybridized carbons (Fsp3) is 0.421. The molecule has 0 spiro atoms. The molecule has 0 aliphatic heterocycles. The number of aliphatic hydroxyl groups is 1. The van der Waals surface area contributed by atoms with Crippen molar-refractivity contribution in [1.29, 1.82) is 0 Å². The van der Waals surface area contributed by atoms with Crippen molar-refractivity contribution in [2.45, 2.75) is 38.0 Å². The number of hydrogen-bond acceptors (Lipinski definition) is 6. The maximum Gasteiger partial charge on any atom is 0.437 e. The van der Waals surface area contributed by atoms with Gasteiger partial charge in [0.15, 0.2) is 17.2 Å². The molecule has 2 atom stereocenters. The predicted molar refractivity (Wildman–Crippen MR) is 105 cm³/mol. The molecule has 9 nitrogen and oxygen atoms in total. The van der Waals surface area contributed by atoms with Gasteiger partial charge >= 0.3 is 6.18 Å². The molecule has 4 rings (SSSR count). The molecule has 1 saturated carbocycles. The van der Waals surface area contributed by atoms with Gasteiger partial charge in [0.25, 0.3) is 5.91 Å². The summed E-state index contributed by atoms with van der Waals surface area (Å²) >= 11 is 0. The van der Waals surface area contributed by atoms with Gasteiger partial charge < -0.3 is 10.4 Å². The van der Waals surface area contributed by atoms with Gasteiger partial charge in [-0.1, -0.05) is 12.8 Å². The van der Waals surface area contributed by atoms with Gasteiger partial charge in [-0.3, -0.25) is 9.48 Å². The Labute approximate surface area is 174 Å². The molecule has 0 radical (unpaired) electrons. The van der Waals surface area contributed by atoms with E-state index in [-0.39, 0.29) is 17.1 Å². The topological polar surface area (TPSA) is 110 Å². The quantitative estimate of drug-likeness (QED) is 0.613. The van der Waals surface area contributed by atoms with Gasteiger partial charge in [-0.15, -0.1) is 0 Å². The monoisotopic (exact) mass is 435 g/mol. The number of aliphatic imine (C=N–C) groups is 1. The van der Waals surface area contributed by atoms with Crippen molar-refractivity contribution in [2.75, 3.05) is 5.32 Å². The number of amides is 1. The lowest BCUT2D eigenvalue weighted by Crippen LogP contribution is -2.25. The van der Waals surface area contributed by atoms with Crippen molar-refractivity contribution in [3.63, 3.8) is 0 Å². The smallest absolute Gasteiger partial charge is 0.392 e. The second-order valence-corrected chi connectivity index (χ2v) is 7.42. The predicted octanol–water partition coefficient (Wildman–Crippen LogP) is 2.99. The highest BCUT2D eigenvalue weighted by Gasteiger charge is 2.37. The van der Waals surface area contributed by atoms with E-state index in [0.29, 0.717) is 5.82 Å². The number of fused-ring (bicyclic) bond motifs is 1. The van der Waals surface area contributed by atoms with E-state index in [1.807, 2.05) is 0 Å². The summed E-state index contributed by atoms with van der Waals surface area (Å²) in [5.41, 5.74) is -1.51. The van der Waals surface area contributed by atoms with Crippen LogP contribution in [0.1, 0.15) is 41.7 Å². The van der Waals surface area contributed by atoms with Gasteiger partial charge in [-0.05, 0) is 12.8 Å². The lowest BCUT2D eigenvalue weighted by molar-refractivity contribution is -0.140. The summed E-state index contributed by atoms with van der Waals surface area (Å²) in [4.78, 5) is 21.3. The van der Waals surface area contributed by atoms with Crippen LogP contribution in [0.5, 0.6) is 0 Å². The highest BCUT2D eigenvalue weighted by Crippen LogP contribution is 2.33. The Morgan fingerprint density at radius 3 is 2.87 bits per heavy atom. The van der Waals surface area contributed by atoms with Gasteiger partial charge in [-0.2, -0.15) is 23.4 Å². The Bertz CT molecular complexity index is 1140. The van der Waals surface area contributed by atoms with E-state index in [4.69, 9.17) is 0 Å². The third kappa shape index (κ3) is 4.43. The number of alkyl halides is 3. The molecule has 1 fully saturated rings. The van der Waals surface area contributed by atoms with E-state index in [0.717, 1.165) is 36.6 Å². The van der Waals surface area contributed by atoms with Crippen molar-refractivity contribution in [1.82, 2.24) is 24.4 Å². The Balaban J connectivity index is 1.59. The maximum absolute atomic E-state index is 13.1. The highest BCUT2D eigenvalue weighted by molar-refractivity contribution is 6.08. The van der Waals surface area contributed by atoms with Crippen LogP contribution in [-0.4, -0.2) is 47.7 Å². The average molecular weight is 435 g/mol. The summed E-state index contributed by atoms with van der Waals surface area (Å²) in [7, 11) is 1.33. The van der Waals surface area contributed by atoms with Crippen LogP contribution in [0.3, 0.4) is 0 Å². The van der Waals surface area contributed by atoms with E-state index in [9.17, 15) is 23.1 Å². The van der Waals surface area contributed by atoms with Crippen LogP contribution in [0.25, 0.3) is 5.65 Å². The Kier molecular flexibility index (Phi) is 5.48. The number of carbonyl (C=O) groups is 1.